The summed E-state index contributed by atoms with van der Waals surface area (Å²) in [5, 5.41) is 18.1. The molecule has 1 amide bonds. The van der Waals surface area contributed by atoms with Gasteiger partial charge in [0.05, 0.1) is 18.7 Å². The third kappa shape index (κ3) is 3.92. The highest BCUT2D eigenvalue weighted by atomic mass is 16.5. The van der Waals surface area contributed by atoms with E-state index in [1.54, 1.807) is 12.1 Å². The van der Waals surface area contributed by atoms with Gasteiger partial charge in [-0.2, -0.15) is 5.26 Å². The topological polar surface area (TPSA) is 99.9 Å². The van der Waals surface area contributed by atoms with Gasteiger partial charge in [0.2, 0.25) is 0 Å². The zero-order valence-electron chi connectivity index (χ0n) is 12.8. The molecule has 1 fully saturated rings. The normalized spacial score (nSPS) is 17.2. The minimum absolute atomic E-state index is 0.272. The molecule has 1 aliphatic rings. The Hall–Kier alpha value is -2.75. The monoisotopic (exact) mass is 318 g/mol. The van der Waals surface area contributed by atoms with Crippen LogP contribution in [-0.2, 0) is 9.59 Å². The highest BCUT2D eigenvalue weighted by Crippen LogP contribution is 2.28. The van der Waals surface area contributed by atoms with Gasteiger partial charge in [0.25, 0.3) is 5.91 Å². The van der Waals surface area contributed by atoms with Crippen LogP contribution in [0.5, 0.6) is 11.5 Å². The molecule has 122 valence electrons. The molecular weight excluding hydrogens is 300 g/mol. The number of likely N-dealkylation sites (tertiary alicyclic amines) is 1. The van der Waals surface area contributed by atoms with E-state index in [9.17, 15) is 14.7 Å². The summed E-state index contributed by atoms with van der Waals surface area (Å²) in [6.45, 7) is 0.149. The molecule has 1 saturated heterocycles. The van der Waals surface area contributed by atoms with E-state index in [1.807, 2.05) is 6.07 Å². The maximum absolute atomic E-state index is 12.3. The minimum Gasteiger partial charge on any atom is -0.493 e. The van der Waals surface area contributed by atoms with Crippen molar-refractivity contribution in [1.29, 1.82) is 5.26 Å². The SMILES string of the molecule is COc1cc(C#N)ccc1OCC(=O)N1CCCC[C@@H]1C(=O)O. The van der Waals surface area contributed by atoms with E-state index < -0.39 is 12.0 Å². The van der Waals surface area contributed by atoms with Crippen molar-refractivity contribution < 1.29 is 24.2 Å². The Balaban J connectivity index is 2.04. The molecule has 1 aromatic carbocycles. The average Bonchev–Trinajstić information content (AvgIpc) is 2.59. The van der Waals surface area contributed by atoms with Gasteiger partial charge in [0.15, 0.2) is 18.1 Å². The summed E-state index contributed by atoms with van der Waals surface area (Å²) in [5.41, 5.74) is 0.419. The summed E-state index contributed by atoms with van der Waals surface area (Å²) < 4.78 is 10.6. The Labute approximate surface area is 134 Å². The van der Waals surface area contributed by atoms with Gasteiger partial charge in [0, 0.05) is 12.6 Å². The average molecular weight is 318 g/mol. The second kappa shape index (κ2) is 7.49. The number of amides is 1. The number of hydrogen-bond acceptors (Lipinski definition) is 5. The van der Waals surface area contributed by atoms with Gasteiger partial charge in [-0.05, 0) is 31.4 Å². The summed E-state index contributed by atoms with van der Waals surface area (Å²) in [6.07, 6.45) is 2.04. The number of rotatable bonds is 5. The van der Waals surface area contributed by atoms with Crippen molar-refractivity contribution in [2.45, 2.75) is 25.3 Å². The van der Waals surface area contributed by atoms with Crippen LogP contribution in [0.2, 0.25) is 0 Å². The van der Waals surface area contributed by atoms with Gasteiger partial charge in [-0.15, -0.1) is 0 Å². The second-order valence-corrected chi connectivity index (χ2v) is 5.20. The predicted molar refractivity (Wildman–Crippen MR) is 80.2 cm³/mol. The molecule has 0 aliphatic carbocycles. The lowest BCUT2D eigenvalue weighted by molar-refractivity contribution is -0.152. The number of carbonyl (C=O) groups is 2. The van der Waals surface area contributed by atoms with Crippen molar-refractivity contribution in [1.82, 2.24) is 4.90 Å². The number of carboxylic acids is 1. The second-order valence-electron chi connectivity index (χ2n) is 5.20. The Bertz CT molecular complexity index is 638. The fourth-order valence-electron chi connectivity index (χ4n) is 2.57. The van der Waals surface area contributed by atoms with Crippen molar-refractivity contribution in [2.24, 2.45) is 0 Å². The largest absolute Gasteiger partial charge is 0.493 e. The van der Waals surface area contributed by atoms with Gasteiger partial charge in [-0.1, -0.05) is 0 Å². The first-order valence-corrected chi connectivity index (χ1v) is 7.30. The fourth-order valence-corrected chi connectivity index (χ4v) is 2.57. The van der Waals surface area contributed by atoms with Crippen LogP contribution in [0.4, 0.5) is 0 Å². The fraction of sp³-hybridized carbons (Fsp3) is 0.438. The number of carboxylic acid groups (broad SMARTS) is 1. The first-order valence-electron chi connectivity index (χ1n) is 7.30. The van der Waals surface area contributed by atoms with Crippen LogP contribution in [0.15, 0.2) is 18.2 Å². The first-order chi connectivity index (χ1) is 11.1. The van der Waals surface area contributed by atoms with Crippen LogP contribution in [0, 0.1) is 11.3 Å². The summed E-state index contributed by atoms with van der Waals surface area (Å²) >= 11 is 0. The zero-order valence-corrected chi connectivity index (χ0v) is 12.8. The molecule has 2 rings (SSSR count). The maximum atomic E-state index is 12.3. The Morgan fingerprint density at radius 3 is 2.83 bits per heavy atom. The lowest BCUT2D eigenvalue weighted by atomic mass is 10.0. The number of nitrogens with zero attached hydrogens (tertiary/aromatic N) is 2. The Morgan fingerprint density at radius 1 is 1.39 bits per heavy atom. The van der Waals surface area contributed by atoms with Crippen molar-refractivity contribution in [2.75, 3.05) is 20.3 Å². The summed E-state index contributed by atoms with van der Waals surface area (Å²) in [5.74, 6) is -0.675. The van der Waals surface area contributed by atoms with Gasteiger partial charge < -0.3 is 19.5 Å². The highest BCUT2D eigenvalue weighted by molar-refractivity contribution is 5.84. The Kier molecular flexibility index (Phi) is 5.41. The van der Waals surface area contributed by atoms with Crippen molar-refractivity contribution in [3.05, 3.63) is 23.8 Å². The van der Waals surface area contributed by atoms with E-state index in [0.29, 0.717) is 30.0 Å². The number of hydrogen-bond donors (Lipinski definition) is 1. The number of carbonyl (C=O) groups excluding carboxylic acids is 1. The molecule has 0 saturated carbocycles. The highest BCUT2D eigenvalue weighted by Gasteiger charge is 2.32. The van der Waals surface area contributed by atoms with E-state index in [0.717, 1.165) is 12.8 Å². The van der Waals surface area contributed by atoms with E-state index in [-0.39, 0.29) is 12.5 Å². The molecule has 23 heavy (non-hydrogen) atoms. The van der Waals surface area contributed by atoms with E-state index >= 15 is 0 Å². The Morgan fingerprint density at radius 2 is 2.17 bits per heavy atom. The lowest BCUT2D eigenvalue weighted by Gasteiger charge is -2.32. The lowest BCUT2D eigenvalue weighted by Crippen LogP contribution is -2.49. The quantitative estimate of drug-likeness (QED) is 0.881. The number of aliphatic carboxylic acids is 1. The zero-order chi connectivity index (χ0) is 16.8. The number of ether oxygens (including phenoxy) is 2. The summed E-state index contributed by atoms with van der Waals surface area (Å²) in [7, 11) is 1.44. The predicted octanol–water partition coefficient (Wildman–Crippen LogP) is 1.41. The van der Waals surface area contributed by atoms with E-state index in [4.69, 9.17) is 14.7 Å². The van der Waals surface area contributed by atoms with Crippen LogP contribution in [0.3, 0.4) is 0 Å². The van der Waals surface area contributed by atoms with Crippen molar-refractivity contribution in [3.8, 4) is 17.6 Å². The molecular formula is C16H18N2O5. The van der Waals surface area contributed by atoms with Gasteiger partial charge in [-0.25, -0.2) is 4.79 Å². The molecule has 1 aromatic rings. The van der Waals surface area contributed by atoms with Crippen molar-refractivity contribution >= 4 is 11.9 Å². The molecule has 0 unspecified atom stereocenters. The molecule has 0 bridgehead atoms. The number of nitriles is 1. The maximum Gasteiger partial charge on any atom is 0.326 e. The van der Waals surface area contributed by atoms with E-state index in [2.05, 4.69) is 0 Å². The molecule has 0 aromatic heterocycles. The third-order valence-electron chi connectivity index (χ3n) is 3.75. The van der Waals surface area contributed by atoms with Gasteiger partial charge in [-0.3, -0.25) is 4.79 Å². The van der Waals surface area contributed by atoms with Crippen molar-refractivity contribution in [3.63, 3.8) is 0 Å². The third-order valence-corrected chi connectivity index (χ3v) is 3.75. The van der Waals surface area contributed by atoms with Crippen LogP contribution in [0.25, 0.3) is 0 Å². The standard InChI is InChI=1S/C16H18N2O5/c1-22-14-8-11(9-17)5-6-13(14)23-10-15(19)18-7-3-2-4-12(18)16(20)21/h5-6,8,12H,2-4,7,10H2,1H3,(H,20,21)/t12-/m1/s1. The molecule has 0 radical (unpaired) electrons. The van der Waals surface area contributed by atoms with Gasteiger partial charge >= 0.3 is 5.97 Å². The van der Waals surface area contributed by atoms with Crippen LogP contribution < -0.4 is 9.47 Å². The molecule has 1 atom stereocenters. The van der Waals surface area contributed by atoms with Crippen LogP contribution >= 0.6 is 0 Å². The van der Waals surface area contributed by atoms with E-state index in [1.165, 1.54) is 18.1 Å². The molecule has 7 nitrogen and oxygen atoms in total. The summed E-state index contributed by atoms with van der Waals surface area (Å²) in [4.78, 5) is 24.8. The molecule has 1 N–H and O–H groups in total. The molecule has 0 spiro atoms. The minimum atomic E-state index is -0.992. The number of piperidine rings is 1. The summed E-state index contributed by atoms with van der Waals surface area (Å²) in [6, 6.07) is 5.82. The number of benzene rings is 1. The molecule has 1 aliphatic heterocycles. The van der Waals surface area contributed by atoms with Crippen LogP contribution in [-0.4, -0.2) is 48.2 Å². The van der Waals surface area contributed by atoms with Gasteiger partial charge in [0.1, 0.15) is 6.04 Å². The first kappa shape index (κ1) is 16.6. The van der Waals surface area contributed by atoms with Crippen LogP contribution in [0.1, 0.15) is 24.8 Å². The number of methoxy groups -OCH3 is 1. The molecule has 7 heteroatoms. The smallest absolute Gasteiger partial charge is 0.326 e. The molecule has 1 heterocycles.